The van der Waals surface area contributed by atoms with Gasteiger partial charge in [-0.3, -0.25) is 4.79 Å². The largest absolute Gasteiger partial charge is 0.345 e. The second-order valence-electron chi connectivity index (χ2n) is 6.38. The van der Waals surface area contributed by atoms with E-state index in [1.165, 1.54) is 0 Å². The topological polar surface area (TPSA) is 80.5 Å². The summed E-state index contributed by atoms with van der Waals surface area (Å²) in [4.78, 5) is 13.5. The van der Waals surface area contributed by atoms with Crippen molar-refractivity contribution in [2.75, 3.05) is 31.6 Å². The molecule has 0 radical (unpaired) electrons. The van der Waals surface area contributed by atoms with Crippen LogP contribution in [-0.4, -0.2) is 50.9 Å². The van der Waals surface area contributed by atoms with E-state index in [1.807, 2.05) is 27.7 Å². The molecule has 19 heavy (non-hydrogen) atoms. The first-order valence-electron chi connectivity index (χ1n) is 6.63. The number of sulfone groups is 1. The third-order valence-electron chi connectivity index (χ3n) is 2.86. The van der Waals surface area contributed by atoms with Gasteiger partial charge in [-0.15, -0.1) is 0 Å². The van der Waals surface area contributed by atoms with Crippen LogP contribution in [0, 0.1) is 11.3 Å². The van der Waals surface area contributed by atoms with Gasteiger partial charge in [-0.25, -0.2) is 8.42 Å². The molecule has 2 N–H and O–H groups in total. The third kappa shape index (κ3) is 8.21. The monoisotopic (exact) mass is 292 g/mol. The summed E-state index contributed by atoms with van der Waals surface area (Å²) in [6, 6.07) is 0. The van der Waals surface area contributed by atoms with Crippen molar-refractivity contribution in [1.29, 1.82) is 0 Å². The van der Waals surface area contributed by atoms with E-state index in [-0.39, 0.29) is 35.2 Å². The van der Waals surface area contributed by atoms with Crippen molar-refractivity contribution in [2.45, 2.75) is 34.1 Å². The van der Waals surface area contributed by atoms with Crippen LogP contribution in [0.4, 0.5) is 0 Å². The molecule has 0 bridgehead atoms. The van der Waals surface area contributed by atoms with Gasteiger partial charge in [0, 0.05) is 20.0 Å². The Kier molecular flexibility index (Phi) is 7.00. The summed E-state index contributed by atoms with van der Waals surface area (Å²) in [5, 5.41) is 0. The smallest absolute Gasteiger partial charge is 0.223 e. The van der Waals surface area contributed by atoms with Crippen molar-refractivity contribution in [3.8, 4) is 0 Å². The molecule has 1 amide bonds. The predicted octanol–water partition coefficient (Wildman–Crippen LogP) is 0.891. The van der Waals surface area contributed by atoms with E-state index < -0.39 is 9.84 Å². The third-order valence-corrected chi connectivity index (χ3v) is 4.86. The maximum Gasteiger partial charge on any atom is 0.223 e. The van der Waals surface area contributed by atoms with Crippen molar-refractivity contribution in [1.82, 2.24) is 4.90 Å². The molecule has 114 valence electrons. The first-order chi connectivity index (χ1) is 8.49. The van der Waals surface area contributed by atoms with Crippen molar-refractivity contribution < 1.29 is 13.2 Å². The molecular weight excluding hydrogens is 264 g/mol. The van der Waals surface area contributed by atoms with Crippen molar-refractivity contribution in [3.63, 3.8) is 0 Å². The minimum absolute atomic E-state index is 0.0478. The maximum atomic E-state index is 11.9. The van der Waals surface area contributed by atoms with Crippen molar-refractivity contribution in [2.24, 2.45) is 17.1 Å². The first-order valence-corrected chi connectivity index (χ1v) is 8.46. The summed E-state index contributed by atoms with van der Waals surface area (Å²) >= 11 is 0. The molecule has 0 aromatic heterocycles. The minimum atomic E-state index is -3.13. The zero-order valence-electron chi connectivity index (χ0n) is 12.8. The maximum absolute atomic E-state index is 11.9. The van der Waals surface area contributed by atoms with E-state index in [1.54, 1.807) is 11.9 Å². The van der Waals surface area contributed by atoms with Gasteiger partial charge in [0.15, 0.2) is 9.84 Å². The molecule has 0 rings (SSSR count). The summed E-state index contributed by atoms with van der Waals surface area (Å²) in [5.41, 5.74) is 5.47. The fraction of sp³-hybridized carbons (Fsp3) is 0.923. The van der Waals surface area contributed by atoms with Gasteiger partial charge in [-0.05, 0) is 17.9 Å². The van der Waals surface area contributed by atoms with Crippen molar-refractivity contribution in [3.05, 3.63) is 0 Å². The van der Waals surface area contributed by atoms with Crippen LogP contribution in [0.15, 0.2) is 0 Å². The Hall–Kier alpha value is -0.620. The zero-order chi connectivity index (χ0) is 15.3. The number of nitrogens with two attached hydrogens (primary N) is 1. The molecule has 0 aromatic rings. The molecule has 0 atom stereocenters. The average molecular weight is 292 g/mol. The minimum Gasteiger partial charge on any atom is -0.345 e. The molecule has 0 aliphatic rings. The summed E-state index contributed by atoms with van der Waals surface area (Å²) in [6.07, 6.45) is 0.0478. The van der Waals surface area contributed by atoms with Crippen LogP contribution in [0.25, 0.3) is 0 Å². The molecule has 0 unspecified atom stereocenters. The van der Waals surface area contributed by atoms with Gasteiger partial charge in [-0.2, -0.15) is 0 Å². The Labute approximate surface area is 117 Å². The van der Waals surface area contributed by atoms with Gasteiger partial charge in [0.2, 0.25) is 5.91 Å². The number of hydrogen-bond acceptors (Lipinski definition) is 4. The van der Waals surface area contributed by atoms with E-state index in [2.05, 4.69) is 0 Å². The highest BCUT2D eigenvalue weighted by atomic mass is 32.2. The predicted molar refractivity (Wildman–Crippen MR) is 78.6 cm³/mol. The quantitative estimate of drug-likeness (QED) is 0.720. The van der Waals surface area contributed by atoms with Crippen LogP contribution in [-0.2, 0) is 14.6 Å². The number of carbonyl (C=O) groups is 1. The molecule has 0 spiro atoms. The fourth-order valence-corrected chi connectivity index (χ4v) is 3.49. The van der Waals surface area contributed by atoms with Crippen LogP contribution >= 0.6 is 0 Å². The molecule has 5 nitrogen and oxygen atoms in total. The fourth-order valence-electron chi connectivity index (χ4n) is 1.82. The van der Waals surface area contributed by atoms with E-state index in [9.17, 15) is 13.2 Å². The van der Waals surface area contributed by atoms with Gasteiger partial charge in [0.25, 0.3) is 0 Å². The lowest BCUT2D eigenvalue weighted by Crippen LogP contribution is -2.40. The first kappa shape index (κ1) is 18.4. The van der Waals surface area contributed by atoms with Crippen LogP contribution in [0.1, 0.15) is 34.1 Å². The summed E-state index contributed by atoms with van der Waals surface area (Å²) in [7, 11) is -1.44. The Morgan fingerprint density at radius 1 is 1.32 bits per heavy atom. The van der Waals surface area contributed by atoms with Gasteiger partial charge >= 0.3 is 0 Å². The highest BCUT2D eigenvalue weighted by molar-refractivity contribution is 7.91. The van der Waals surface area contributed by atoms with Crippen LogP contribution < -0.4 is 5.73 Å². The Morgan fingerprint density at radius 3 is 2.26 bits per heavy atom. The molecular formula is C13H28N2O3S. The van der Waals surface area contributed by atoms with Gasteiger partial charge in [-0.1, -0.05) is 27.7 Å². The number of carbonyl (C=O) groups excluding carboxylic acids is 1. The van der Waals surface area contributed by atoms with E-state index in [0.29, 0.717) is 13.1 Å². The van der Waals surface area contributed by atoms with Gasteiger partial charge in [0.05, 0.1) is 11.5 Å². The number of nitrogens with zero attached hydrogens (tertiary/aromatic N) is 1. The molecule has 0 fully saturated rings. The van der Waals surface area contributed by atoms with Crippen LogP contribution in [0.2, 0.25) is 0 Å². The van der Waals surface area contributed by atoms with Crippen LogP contribution in [0.5, 0.6) is 0 Å². The Morgan fingerprint density at radius 2 is 1.84 bits per heavy atom. The Balaban J connectivity index is 4.32. The number of hydrogen-bond donors (Lipinski definition) is 1. The second kappa shape index (κ2) is 7.24. The van der Waals surface area contributed by atoms with Gasteiger partial charge < -0.3 is 10.6 Å². The lowest BCUT2D eigenvalue weighted by atomic mass is 9.93. The lowest BCUT2D eigenvalue weighted by Gasteiger charge is -2.29. The standard InChI is InChI=1S/C13H28N2O3S/c1-11(2)8-19(17,18)7-6-12(16)15(5)10-13(3,4)9-14/h11H,6-10,14H2,1-5H3. The molecule has 0 aliphatic heterocycles. The molecule has 0 aliphatic carbocycles. The second-order valence-corrected chi connectivity index (χ2v) is 8.61. The van der Waals surface area contributed by atoms with Crippen molar-refractivity contribution >= 4 is 15.7 Å². The normalized spacial score (nSPS) is 12.8. The van der Waals surface area contributed by atoms with Crippen LogP contribution in [0.3, 0.4) is 0 Å². The molecule has 0 aromatic carbocycles. The van der Waals surface area contributed by atoms with E-state index in [0.717, 1.165) is 0 Å². The molecule has 0 heterocycles. The van der Waals surface area contributed by atoms with E-state index in [4.69, 9.17) is 5.73 Å². The summed E-state index contributed by atoms with van der Waals surface area (Å²) < 4.78 is 23.4. The summed E-state index contributed by atoms with van der Waals surface area (Å²) in [6.45, 7) is 8.69. The highest BCUT2D eigenvalue weighted by Gasteiger charge is 2.22. The molecule has 0 saturated heterocycles. The highest BCUT2D eigenvalue weighted by Crippen LogP contribution is 2.14. The van der Waals surface area contributed by atoms with E-state index >= 15 is 0 Å². The number of amides is 1. The molecule has 0 saturated carbocycles. The van der Waals surface area contributed by atoms with Gasteiger partial charge in [0.1, 0.15) is 0 Å². The summed E-state index contributed by atoms with van der Waals surface area (Å²) in [5.74, 6) is 0.0123. The number of rotatable bonds is 8. The average Bonchev–Trinajstić information content (AvgIpc) is 2.23. The molecule has 6 heteroatoms. The zero-order valence-corrected chi connectivity index (χ0v) is 13.6. The Bertz CT molecular complexity index is 389. The lowest BCUT2D eigenvalue weighted by molar-refractivity contribution is -0.130. The SMILES string of the molecule is CC(C)CS(=O)(=O)CCC(=O)N(C)CC(C)(C)CN.